The van der Waals surface area contributed by atoms with E-state index in [1.165, 1.54) is 7.11 Å². The minimum Gasteiger partial charge on any atom is -0.469 e. The first-order valence-corrected chi connectivity index (χ1v) is 4.74. The van der Waals surface area contributed by atoms with Crippen LogP contribution in [-0.2, 0) is 9.53 Å². The summed E-state index contributed by atoms with van der Waals surface area (Å²) in [5, 5.41) is 3.03. The summed E-state index contributed by atoms with van der Waals surface area (Å²) in [7, 11) is 1.37. The van der Waals surface area contributed by atoms with E-state index in [0.717, 1.165) is 11.4 Å². The van der Waals surface area contributed by atoms with Crippen molar-refractivity contribution in [3.8, 4) is 0 Å². The lowest BCUT2D eigenvalue weighted by Gasteiger charge is -2.07. The van der Waals surface area contributed by atoms with Crippen LogP contribution in [0.25, 0.3) is 0 Å². The largest absolute Gasteiger partial charge is 0.469 e. The van der Waals surface area contributed by atoms with Crippen molar-refractivity contribution < 1.29 is 9.53 Å². The highest BCUT2D eigenvalue weighted by Gasteiger charge is 2.03. The molecule has 0 atom stereocenters. The van der Waals surface area contributed by atoms with Crippen LogP contribution in [0.2, 0.25) is 0 Å². The fourth-order valence-electron chi connectivity index (χ4n) is 1.16. The van der Waals surface area contributed by atoms with Crippen molar-refractivity contribution in [2.75, 3.05) is 19.0 Å². The molecule has 1 aromatic heterocycles. The highest BCUT2D eigenvalue weighted by atomic mass is 16.5. The predicted molar refractivity (Wildman–Crippen MR) is 56.6 cm³/mol. The number of hydrogen-bond acceptors (Lipinski definition) is 5. The minimum absolute atomic E-state index is 0.236. The molecule has 0 bridgehead atoms. The van der Waals surface area contributed by atoms with E-state index >= 15 is 0 Å². The zero-order valence-corrected chi connectivity index (χ0v) is 9.20. The molecule has 0 aromatic carbocycles. The van der Waals surface area contributed by atoms with Crippen LogP contribution in [0.15, 0.2) is 6.20 Å². The summed E-state index contributed by atoms with van der Waals surface area (Å²) in [5.41, 5.74) is 1.71. The van der Waals surface area contributed by atoms with Gasteiger partial charge in [0.15, 0.2) is 0 Å². The maximum atomic E-state index is 10.8. The quantitative estimate of drug-likeness (QED) is 0.751. The molecule has 1 aromatic rings. The minimum atomic E-state index is -0.236. The molecule has 1 rings (SSSR count). The molecule has 0 amide bonds. The van der Waals surface area contributed by atoms with Crippen molar-refractivity contribution in [3.63, 3.8) is 0 Å². The van der Waals surface area contributed by atoms with Gasteiger partial charge in [-0.1, -0.05) is 0 Å². The van der Waals surface area contributed by atoms with E-state index in [2.05, 4.69) is 20.0 Å². The molecule has 5 nitrogen and oxygen atoms in total. The molecule has 0 saturated heterocycles. The number of nitrogens with zero attached hydrogens (tertiary/aromatic N) is 2. The summed E-state index contributed by atoms with van der Waals surface area (Å²) in [4.78, 5) is 19.3. The number of hydrogen-bond donors (Lipinski definition) is 1. The highest BCUT2D eigenvalue weighted by molar-refractivity contribution is 5.69. The van der Waals surface area contributed by atoms with Gasteiger partial charge in [-0.3, -0.25) is 9.78 Å². The Kier molecular flexibility index (Phi) is 4.03. The fraction of sp³-hybridized carbons (Fsp3) is 0.500. The molecule has 0 radical (unpaired) electrons. The summed E-state index contributed by atoms with van der Waals surface area (Å²) in [6, 6.07) is 0. The van der Waals surface area contributed by atoms with Crippen LogP contribution >= 0.6 is 0 Å². The molecule has 0 spiro atoms. The second kappa shape index (κ2) is 5.29. The van der Waals surface area contributed by atoms with Gasteiger partial charge in [0.25, 0.3) is 0 Å². The maximum absolute atomic E-state index is 10.8. The van der Waals surface area contributed by atoms with Gasteiger partial charge in [-0.25, -0.2) is 4.98 Å². The molecule has 0 saturated carbocycles. The van der Waals surface area contributed by atoms with Crippen LogP contribution < -0.4 is 5.32 Å². The Balaban J connectivity index is 2.47. The first-order chi connectivity index (χ1) is 7.13. The average Bonchev–Trinajstić information content (AvgIpc) is 2.21. The normalized spacial score (nSPS) is 9.80. The Morgan fingerprint density at radius 2 is 2.27 bits per heavy atom. The Bertz CT molecular complexity index is 353. The standard InChI is InChI=1S/C10H15N3O2/c1-7-6-12-10(8(2)13-7)11-5-4-9(14)15-3/h6H,4-5H2,1-3H3,(H,11,12). The first-order valence-electron chi connectivity index (χ1n) is 4.74. The summed E-state index contributed by atoms with van der Waals surface area (Å²) >= 11 is 0. The number of nitrogens with one attached hydrogen (secondary N) is 1. The number of ether oxygens (including phenoxy) is 1. The second-order valence-electron chi connectivity index (χ2n) is 3.20. The molecule has 0 unspecified atom stereocenters. The van der Waals surface area contributed by atoms with Crippen molar-refractivity contribution in [2.24, 2.45) is 0 Å². The molecule has 82 valence electrons. The summed E-state index contributed by atoms with van der Waals surface area (Å²) in [5.74, 6) is 0.477. The summed E-state index contributed by atoms with van der Waals surface area (Å²) in [6.45, 7) is 4.27. The lowest BCUT2D eigenvalue weighted by atomic mass is 10.4. The van der Waals surface area contributed by atoms with Gasteiger partial charge in [-0.15, -0.1) is 0 Å². The van der Waals surface area contributed by atoms with Gasteiger partial charge in [0.05, 0.1) is 31.1 Å². The molecule has 0 aliphatic carbocycles. The van der Waals surface area contributed by atoms with Crippen LogP contribution in [0.1, 0.15) is 17.8 Å². The molecule has 0 fully saturated rings. The van der Waals surface area contributed by atoms with Gasteiger partial charge < -0.3 is 10.1 Å². The second-order valence-corrected chi connectivity index (χ2v) is 3.20. The Morgan fingerprint density at radius 3 is 2.87 bits per heavy atom. The lowest BCUT2D eigenvalue weighted by Crippen LogP contribution is -2.11. The van der Waals surface area contributed by atoms with E-state index < -0.39 is 0 Å². The van der Waals surface area contributed by atoms with Crippen LogP contribution in [0.3, 0.4) is 0 Å². The van der Waals surface area contributed by atoms with Crippen LogP contribution in [0, 0.1) is 13.8 Å². The van der Waals surface area contributed by atoms with Gasteiger partial charge in [0.1, 0.15) is 5.82 Å². The molecule has 15 heavy (non-hydrogen) atoms. The Morgan fingerprint density at radius 1 is 1.53 bits per heavy atom. The lowest BCUT2D eigenvalue weighted by molar-refractivity contribution is -0.140. The van der Waals surface area contributed by atoms with Crippen LogP contribution in [0.4, 0.5) is 5.82 Å². The number of rotatable bonds is 4. The molecular formula is C10H15N3O2. The van der Waals surface area contributed by atoms with Crippen LogP contribution in [-0.4, -0.2) is 29.6 Å². The predicted octanol–water partition coefficient (Wildman–Crippen LogP) is 1.07. The number of carbonyl (C=O) groups is 1. The van der Waals surface area contributed by atoms with Crippen molar-refractivity contribution >= 4 is 11.8 Å². The third-order valence-corrected chi connectivity index (χ3v) is 1.92. The molecule has 0 aliphatic rings. The van der Waals surface area contributed by atoms with Gasteiger partial charge in [-0.2, -0.15) is 0 Å². The van der Waals surface area contributed by atoms with E-state index in [0.29, 0.717) is 18.8 Å². The molecule has 1 heterocycles. The molecule has 5 heteroatoms. The van der Waals surface area contributed by atoms with Gasteiger partial charge in [-0.05, 0) is 13.8 Å². The number of aromatic nitrogens is 2. The van der Waals surface area contributed by atoms with Crippen LogP contribution in [0.5, 0.6) is 0 Å². The topological polar surface area (TPSA) is 64.1 Å². The molecule has 0 aliphatic heterocycles. The van der Waals surface area contributed by atoms with Gasteiger partial charge in [0, 0.05) is 6.54 Å². The number of esters is 1. The van der Waals surface area contributed by atoms with Gasteiger partial charge in [0.2, 0.25) is 0 Å². The van der Waals surface area contributed by atoms with E-state index in [-0.39, 0.29) is 5.97 Å². The SMILES string of the molecule is COC(=O)CCNc1ncc(C)nc1C. The Hall–Kier alpha value is -1.65. The van der Waals surface area contributed by atoms with E-state index in [9.17, 15) is 4.79 Å². The Labute approximate surface area is 88.9 Å². The van der Waals surface area contributed by atoms with Crippen molar-refractivity contribution in [1.82, 2.24) is 9.97 Å². The molecular weight excluding hydrogens is 194 g/mol. The third-order valence-electron chi connectivity index (χ3n) is 1.92. The maximum Gasteiger partial charge on any atom is 0.307 e. The number of methoxy groups -OCH3 is 1. The first kappa shape index (κ1) is 11.4. The number of aryl methyl sites for hydroxylation is 2. The summed E-state index contributed by atoms with van der Waals surface area (Å²) in [6.07, 6.45) is 2.01. The van der Waals surface area contributed by atoms with Crippen molar-refractivity contribution in [3.05, 3.63) is 17.6 Å². The zero-order valence-electron chi connectivity index (χ0n) is 9.20. The van der Waals surface area contributed by atoms with Crippen molar-refractivity contribution in [1.29, 1.82) is 0 Å². The van der Waals surface area contributed by atoms with Crippen molar-refractivity contribution in [2.45, 2.75) is 20.3 Å². The summed E-state index contributed by atoms with van der Waals surface area (Å²) < 4.78 is 4.52. The zero-order chi connectivity index (χ0) is 11.3. The van der Waals surface area contributed by atoms with E-state index in [4.69, 9.17) is 0 Å². The number of carbonyl (C=O) groups excluding carboxylic acids is 1. The number of anilines is 1. The third kappa shape index (κ3) is 3.53. The fourth-order valence-corrected chi connectivity index (χ4v) is 1.16. The highest BCUT2D eigenvalue weighted by Crippen LogP contribution is 2.07. The van der Waals surface area contributed by atoms with E-state index in [1.807, 2.05) is 13.8 Å². The smallest absolute Gasteiger partial charge is 0.307 e. The molecule has 1 N–H and O–H groups in total. The van der Waals surface area contributed by atoms with Gasteiger partial charge >= 0.3 is 5.97 Å². The monoisotopic (exact) mass is 209 g/mol. The van der Waals surface area contributed by atoms with E-state index in [1.54, 1.807) is 6.20 Å². The average molecular weight is 209 g/mol.